The molecule has 4 aromatic rings. The Morgan fingerprint density at radius 1 is 0.970 bits per heavy atom. The Kier molecular flexibility index (Phi) is 6.28. The van der Waals surface area contributed by atoms with Gasteiger partial charge in [0.05, 0.1) is 11.9 Å². The van der Waals surface area contributed by atoms with E-state index in [0.717, 1.165) is 27.7 Å². The first-order chi connectivity index (χ1) is 15.9. The number of hydrogen-bond donors (Lipinski definition) is 4. The molecule has 0 saturated carbocycles. The molecule has 0 saturated heterocycles. The van der Waals surface area contributed by atoms with Crippen molar-refractivity contribution in [2.24, 2.45) is 0 Å². The molecule has 4 rings (SSSR count). The monoisotopic (exact) mass is 441 g/mol. The molecule has 0 bridgehead atoms. The van der Waals surface area contributed by atoms with Crippen LogP contribution in [0.4, 0.5) is 17.2 Å². The fraction of sp³-hybridized carbons (Fsp3) is 0.120. The lowest BCUT2D eigenvalue weighted by atomic mass is 10.1. The predicted molar refractivity (Wildman–Crippen MR) is 127 cm³/mol. The quantitative estimate of drug-likeness (QED) is 0.262. The van der Waals surface area contributed by atoms with E-state index >= 15 is 0 Å². The topological polar surface area (TPSA) is 116 Å². The molecule has 8 nitrogen and oxygen atoms in total. The molecule has 0 aliphatic carbocycles. The van der Waals surface area contributed by atoms with E-state index in [0.29, 0.717) is 17.1 Å². The molecule has 2 amide bonds. The summed E-state index contributed by atoms with van der Waals surface area (Å²) in [6.45, 7) is 4.11. The van der Waals surface area contributed by atoms with Gasteiger partial charge in [0.2, 0.25) is 5.91 Å². The Morgan fingerprint density at radius 3 is 2.52 bits per heavy atom. The van der Waals surface area contributed by atoms with E-state index < -0.39 is 5.91 Å². The number of nitrogens with zero attached hydrogens (tertiary/aromatic N) is 2. The van der Waals surface area contributed by atoms with Crippen molar-refractivity contribution in [3.8, 4) is 0 Å². The Hall–Kier alpha value is -4.30. The summed E-state index contributed by atoms with van der Waals surface area (Å²) in [7, 11) is 0. The molecule has 0 aliphatic rings. The van der Waals surface area contributed by atoms with Crippen molar-refractivity contribution in [2.75, 3.05) is 10.6 Å². The van der Waals surface area contributed by atoms with Crippen LogP contribution in [0.3, 0.4) is 0 Å². The fourth-order valence-corrected chi connectivity index (χ4v) is 3.48. The van der Waals surface area contributed by atoms with Gasteiger partial charge in [0.15, 0.2) is 0 Å². The van der Waals surface area contributed by atoms with Crippen molar-refractivity contribution in [3.63, 3.8) is 0 Å². The zero-order valence-electron chi connectivity index (χ0n) is 18.2. The number of aromatic nitrogens is 2. The lowest BCUT2D eigenvalue weighted by Gasteiger charge is -2.13. The fourth-order valence-electron chi connectivity index (χ4n) is 3.48. The second-order valence-electron chi connectivity index (χ2n) is 7.69. The van der Waals surface area contributed by atoms with Crippen LogP contribution in [0.15, 0.2) is 67.0 Å². The Labute approximate surface area is 190 Å². The van der Waals surface area contributed by atoms with Crippen molar-refractivity contribution in [3.05, 3.63) is 89.2 Å². The molecule has 1 aromatic heterocycles. The van der Waals surface area contributed by atoms with Crippen LogP contribution < -0.4 is 16.1 Å². The van der Waals surface area contributed by atoms with Gasteiger partial charge in [-0.05, 0) is 66.9 Å². The molecule has 0 radical (unpaired) electrons. The van der Waals surface area contributed by atoms with Gasteiger partial charge in [-0.1, -0.05) is 24.3 Å². The molecule has 0 spiro atoms. The SMILES string of the molecule is Cc1cccc(Nc2ncnc3ccc(NC(=O)Cc4ccc(C(=O)NO)cc4)cc23)c1C. The maximum absolute atomic E-state index is 12.6. The molecule has 166 valence electrons. The Bertz CT molecular complexity index is 1340. The van der Waals surface area contributed by atoms with Gasteiger partial charge in [-0.2, -0.15) is 0 Å². The normalized spacial score (nSPS) is 10.6. The van der Waals surface area contributed by atoms with Gasteiger partial charge in [-0.25, -0.2) is 15.4 Å². The van der Waals surface area contributed by atoms with Gasteiger partial charge in [-0.15, -0.1) is 0 Å². The smallest absolute Gasteiger partial charge is 0.274 e. The first kappa shape index (κ1) is 21.9. The molecule has 1 heterocycles. The summed E-state index contributed by atoms with van der Waals surface area (Å²) in [5, 5.41) is 15.8. The maximum atomic E-state index is 12.6. The van der Waals surface area contributed by atoms with Gasteiger partial charge in [0.25, 0.3) is 5.91 Å². The molecular weight excluding hydrogens is 418 g/mol. The molecular formula is C25H23N5O3. The summed E-state index contributed by atoms with van der Waals surface area (Å²) in [5.41, 5.74) is 7.28. The lowest BCUT2D eigenvalue weighted by molar-refractivity contribution is -0.115. The van der Waals surface area contributed by atoms with Gasteiger partial charge in [0.1, 0.15) is 12.1 Å². The minimum absolute atomic E-state index is 0.137. The Balaban J connectivity index is 1.52. The molecule has 8 heteroatoms. The van der Waals surface area contributed by atoms with Crippen LogP contribution in [-0.2, 0) is 11.2 Å². The highest BCUT2D eigenvalue weighted by Gasteiger charge is 2.10. The molecule has 0 unspecified atom stereocenters. The number of carbonyl (C=O) groups excluding carboxylic acids is 2. The van der Waals surface area contributed by atoms with E-state index in [2.05, 4.69) is 40.5 Å². The van der Waals surface area contributed by atoms with Crippen molar-refractivity contribution < 1.29 is 14.8 Å². The third kappa shape index (κ3) is 4.97. The number of hydrogen-bond acceptors (Lipinski definition) is 6. The zero-order valence-corrected chi connectivity index (χ0v) is 18.2. The molecule has 0 aliphatic heterocycles. The highest BCUT2D eigenvalue weighted by molar-refractivity contribution is 5.98. The van der Waals surface area contributed by atoms with Gasteiger partial charge in [0, 0.05) is 22.3 Å². The summed E-state index contributed by atoms with van der Waals surface area (Å²) >= 11 is 0. The first-order valence-corrected chi connectivity index (χ1v) is 10.4. The van der Waals surface area contributed by atoms with Crippen LogP contribution in [-0.4, -0.2) is 27.0 Å². The highest BCUT2D eigenvalue weighted by atomic mass is 16.5. The average Bonchev–Trinajstić information content (AvgIpc) is 2.82. The second-order valence-corrected chi connectivity index (χ2v) is 7.69. The molecule has 0 fully saturated rings. The molecule has 33 heavy (non-hydrogen) atoms. The van der Waals surface area contributed by atoms with Crippen molar-refractivity contribution >= 4 is 39.9 Å². The number of amides is 2. The van der Waals surface area contributed by atoms with Crippen LogP contribution >= 0.6 is 0 Å². The minimum Gasteiger partial charge on any atom is -0.339 e. The standard InChI is InChI=1S/C25H23N5O3/c1-15-4-3-5-21(16(15)2)29-24-20-13-19(10-11-22(20)26-14-27-24)28-23(31)12-17-6-8-18(9-7-17)25(32)30-33/h3-11,13-14,33H,12H2,1-2H3,(H,28,31)(H,30,32)(H,26,27,29). The van der Waals surface area contributed by atoms with E-state index in [1.165, 1.54) is 11.9 Å². The number of hydroxylamine groups is 1. The summed E-state index contributed by atoms with van der Waals surface area (Å²) in [6.07, 6.45) is 1.65. The number of rotatable bonds is 6. The van der Waals surface area contributed by atoms with Crippen LogP contribution in [0.25, 0.3) is 10.9 Å². The third-order valence-electron chi connectivity index (χ3n) is 5.46. The van der Waals surface area contributed by atoms with E-state index in [1.54, 1.807) is 35.8 Å². The zero-order chi connectivity index (χ0) is 23.4. The number of carbonyl (C=O) groups is 2. The molecule has 0 atom stereocenters. The van der Waals surface area contributed by atoms with Crippen molar-refractivity contribution in [1.82, 2.24) is 15.4 Å². The second kappa shape index (κ2) is 9.46. The number of anilines is 3. The molecule has 4 N–H and O–H groups in total. The van der Waals surface area contributed by atoms with Crippen LogP contribution in [0.1, 0.15) is 27.0 Å². The van der Waals surface area contributed by atoms with E-state index in [4.69, 9.17) is 5.21 Å². The van der Waals surface area contributed by atoms with Gasteiger partial charge >= 0.3 is 0 Å². The minimum atomic E-state index is -0.602. The number of benzene rings is 3. The van der Waals surface area contributed by atoms with Crippen LogP contribution in [0.5, 0.6) is 0 Å². The Morgan fingerprint density at radius 2 is 1.76 bits per heavy atom. The van der Waals surface area contributed by atoms with E-state index in [-0.39, 0.29) is 12.3 Å². The largest absolute Gasteiger partial charge is 0.339 e. The maximum Gasteiger partial charge on any atom is 0.274 e. The van der Waals surface area contributed by atoms with Crippen LogP contribution in [0.2, 0.25) is 0 Å². The summed E-state index contributed by atoms with van der Waals surface area (Å²) in [5.74, 6) is -0.146. The van der Waals surface area contributed by atoms with Crippen molar-refractivity contribution in [1.29, 1.82) is 0 Å². The van der Waals surface area contributed by atoms with E-state index in [9.17, 15) is 9.59 Å². The van der Waals surface area contributed by atoms with Crippen molar-refractivity contribution in [2.45, 2.75) is 20.3 Å². The lowest BCUT2D eigenvalue weighted by Crippen LogP contribution is -2.18. The number of aryl methyl sites for hydroxylation is 1. The summed E-state index contributed by atoms with van der Waals surface area (Å²) < 4.78 is 0. The van der Waals surface area contributed by atoms with E-state index in [1.807, 2.05) is 24.3 Å². The first-order valence-electron chi connectivity index (χ1n) is 10.4. The van der Waals surface area contributed by atoms with Gasteiger partial charge < -0.3 is 10.6 Å². The number of fused-ring (bicyclic) bond motifs is 1. The average molecular weight is 441 g/mol. The summed E-state index contributed by atoms with van der Waals surface area (Å²) in [4.78, 5) is 32.7. The van der Waals surface area contributed by atoms with Gasteiger partial charge in [-0.3, -0.25) is 14.8 Å². The third-order valence-corrected chi connectivity index (χ3v) is 5.46. The van der Waals surface area contributed by atoms with Crippen LogP contribution in [0, 0.1) is 13.8 Å². The highest BCUT2D eigenvalue weighted by Crippen LogP contribution is 2.28. The number of nitrogens with one attached hydrogen (secondary N) is 3. The predicted octanol–water partition coefficient (Wildman–Crippen LogP) is 4.29. The molecule has 3 aromatic carbocycles. The summed E-state index contributed by atoms with van der Waals surface area (Å²) in [6, 6.07) is 18.0.